The second-order valence-electron chi connectivity index (χ2n) is 16.5. The molecule has 73 heavy (non-hydrogen) atoms. The van der Waals surface area contributed by atoms with E-state index in [4.69, 9.17) is 38.7 Å². The molecule has 0 aliphatic carbocycles. The Morgan fingerprint density at radius 1 is 0.548 bits per heavy atom. The minimum Gasteiger partial charge on any atom is -1.00 e. The summed E-state index contributed by atoms with van der Waals surface area (Å²) in [6.45, 7) is 3.48. The maximum Gasteiger partial charge on any atom is 0.338 e. The summed E-state index contributed by atoms with van der Waals surface area (Å²) in [5.74, 6) is -3.08. The molecule has 2 unspecified atom stereocenters. The SMILES string of the molecule is Cc1ccc(N=C2N=C(SC3O[C@H](COC(=O)c4ccccc4)[C@@H](OC(=O)c4ccccc4)[C@H](OC(=O)c4ccccc4)[C@H]3OC(=O)c3ccccc3)[NH+](c3ccccc3C)C(=Nc3ccccc3)S2)cc1.[Cl-]. The second-order valence-corrected chi connectivity index (χ2v) is 18.6. The van der Waals surface area contributed by atoms with Crippen LogP contribution in [0, 0.1) is 13.8 Å². The molecular formula is C57H47ClN4O9S2. The fourth-order valence-electron chi connectivity index (χ4n) is 7.77. The number of hydrogen-bond donors (Lipinski definition) is 1. The molecule has 13 nitrogen and oxygen atoms in total. The van der Waals surface area contributed by atoms with Crippen molar-refractivity contribution in [3.05, 3.63) is 234 Å². The van der Waals surface area contributed by atoms with Crippen LogP contribution in [-0.2, 0) is 23.7 Å². The topological polar surface area (TPSA) is 156 Å². The average Bonchev–Trinajstić information content (AvgIpc) is 3.41. The molecule has 16 heteroatoms. The van der Waals surface area contributed by atoms with E-state index in [2.05, 4.69) is 0 Å². The van der Waals surface area contributed by atoms with Gasteiger partial charge in [0.25, 0.3) is 10.3 Å². The smallest absolute Gasteiger partial charge is 0.338 e. The van der Waals surface area contributed by atoms with Crippen molar-refractivity contribution in [1.29, 1.82) is 0 Å². The van der Waals surface area contributed by atoms with E-state index in [1.54, 1.807) is 121 Å². The number of para-hydroxylation sites is 2. The molecule has 2 aliphatic heterocycles. The van der Waals surface area contributed by atoms with Gasteiger partial charge in [-0.2, -0.15) is 14.9 Å². The molecule has 0 saturated carbocycles. The molecule has 2 aliphatic rings. The summed E-state index contributed by atoms with van der Waals surface area (Å²) >= 11 is 2.36. The van der Waals surface area contributed by atoms with Gasteiger partial charge in [0.05, 0.1) is 33.6 Å². The summed E-state index contributed by atoms with van der Waals surface area (Å²) in [4.78, 5) is 72.7. The summed E-state index contributed by atoms with van der Waals surface area (Å²) < 4.78 is 32.1. The first-order valence-electron chi connectivity index (χ1n) is 23.0. The van der Waals surface area contributed by atoms with Crippen LogP contribution in [0.15, 0.2) is 215 Å². The number of ether oxygens (including phenoxy) is 5. The molecule has 7 aromatic rings. The fraction of sp³-hybridized carbons (Fsp3) is 0.140. The van der Waals surface area contributed by atoms with Crippen LogP contribution in [0.5, 0.6) is 0 Å². The number of carbonyl (C=O) groups is 4. The molecule has 0 amide bonds. The summed E-state index contributed by atoms with van der Waals surface area (Å²) in [5.41, 5.74) is 3.57. The van der Waals surface area contributed by atoms with Crippen LogP contribution >= 0.6 is 23.5 Å². The lowest BCUT2D eigenvalue weighted by atomic mass is 9.98. The van der Waals surface area contributed by atoms with Gasteiger partial charge in [-0.1, -0.05) is 127 Å². The van der Waals surface area contributed by atoms with Crippen molar-refractivity contribution in [1.82, 2.24) is 0 Å². The molecule has 9 rings (SSSR count). The highest BCUT2D eigenvalue weighted by molar-refractivity contribution is 8.26. The molecule has 2 heterocycles. The van der Waals surface area contributed by atoms with Crippen LogP contribution in [0.3, 0.4) is 0 Å². The van der Waals surface area contributed by atoms with E-state index < -0.39 is 60.3 Å². The molecule has 0 bridgehead atoms. The average molecular weight is 1030 g/mol. The molecule has 1 saturated heterocycles. The molecule has 1 fully saturated rings. The standard InChI is InChI=1S/C57H46N4O9S2.ClH/c1-37-32-34-44(35-33-37)58-55-60-57(61(45-31-19-18-20-38(45)2)56(72-55)59-43-29-16-7-17-30-43)71-54-49(70-53(65)42-27-14-6-15-28-42)48(69-52(64)41-25-12-5-13-26-41)47(68-51(63)40-23-10-4-11-24-40)46(67-54)36-66-50(62)39-21-8-3-9-22-39;/h3-35,46-49,54H,36H2,1-2H3;1H/t46-,47-,48+,49-,54?;/m1./s1. The number of thioether (sulfide) groups is 2. The van der Waals surface area contributed by atoms with E-state index in [9.17, 15) is 19.2 Å². The number of nitrogens with zero attached hydrogens (tertiary/aromatic N) is 3. The van der Waals surface area contributed by atoms with Crippen molar-refractivity contribution >= 4 is 80.0 Å². The Labute approximate surface area is 436 Å². The highest BCUT2D eigenvalue weighted by Gasteiger charge is 2.55. The Bertz CT molecular complexity index is 3120. The predicted octanol–water partition coefficient (Wildman–Crippen LogP) is 7.29. The number of carbonyl (C=O) groups excluding carboxylic acids is 4. The third-order valence-corrected chi connectivity index (χ3v) is 13.4. The van der Waals surface area contributed by atoms with E-state index in [-0.39, 0.29) is 34.7 Å². The first-order valence-corrected chi connectivity index (χ1v) is 24.7. The van der Waals surface area contributed by atoms with Crippen molar-refractivity contribution in [3.63, 3.8) is 0 Å². The monoisotopic (exact) mass is 1030 g/mol. The minimum absolute atomic E-state index is 0. The van der Waals surface area contributed by atoms with Gasteiger partial charge in [-0.15, -0.1) is 0 Å². The van der Waals surface area contributed by atoms with Gasteiger partial charge in [0.15, 0.2) is 23.7 Å². The van der Waals surface area contributed by atoms with E-state index in [1.165, 1.54) is 11.8 Å². The molecular weight excluding hydrogens is 984 g/mol. The second kappa shape index (κ2) is 24.6. The van der Waals surface area contributed by atoms with Gasteiger partial charge in [0.2, 0.25) is 5.17 Å². The summed E-state index contributed by atoms with van der Waals surface area (Å²) in [5, 5.41) is 1.27. The zero-order chi connectivity index (χ0) is 49.8. The van der Waals surface area contributed by atoms with Gasteiger partial charge in [0.1, 0.15) is 18.4 Å². The molecule has 7 aromatic carbocycles. The Kier molecular flexibility index (Phi) is 17.5. The number of hydrogen-bond acceptors (Lipinski definition) is 13. The van der Waals surface area contributed by atoms with Crippen molar-refractivity contribution in [3.8, 4) is 0 Å². The van der Waals surface area contributed by atoms with Crippen LogP contribution in [0.25, 0.3) is 0 Å². The molecule has 0 radical (unpaired) electrons. The summed E-state index contributed by atoms with van der Waals surface area (Å²) in [7, 11) is 0. The summed E-state index contributed by atoms with van der Waals surface area (Å²) in [6.07, 6.45) is -5.96. The van der Waals surface area contributed by atoms with Gasteiger partial charge >= 0.3 is 23.9 Å². The summed E-state index contributed by atoms with van der Waals surface area (Å²) in [6, 6.07) is 58.2. The van der Waals surface area contributed by atoms with Crippen LogP contribution in [0.4, 0.5) is 17.1 Å². The molecule has 0 aromatic heterocycles. The zero-order valence-electron chi connectivity index (χ0n) is 39.4. The number of aryl methyl sites for hydroxylation is 2. The van der Waals surface area contributed by atoms with E-state index in [0.29, 0.717) is 31.8 Å². The maximum atomic E-state index is 14.4. The van der Waals surface area contributed by atoms with Crippen molar-refractivity contribution in [2.75, 3.05) is 6.61 Å². The fourth-order valence-corrected chi connectivity index (χ4v) is 10.0. The number of aliphatic imine (C=N–C) groups is 3. The van der Waals surface area contributed by atoms with Gasteiger partial charge in [-0.05, 0) is 98.4 Å². The van der Waals surface area contributed by atoms with Crippen molar-refractivity contribution in [2.45, 2.75) is 43.7 Å². The quantitative estimate of drug-likeness (QED) is 0.0915. The number of esters is 4. The van der Waals surface area contributed by atoms with Gasteiger partial charge < -0.3 is 36.1 Å². The Hall–Kier alpha value is -7.66. The number of rotatable bonds is 13. The molecule has 1 N–H and O–H groups in total. The molecule has 6 atom stereocenters. The Balaban J connectivity index is 0.00000711. The highest BCUT2D eigenvalue weighted by Crippen LogP contribution is 2.37. The van der Waals surface area contributed by atoms with E-state index >= 15 is 0 Å². The van der Waals surface area contributed by atoms with E-state index in [0.717, 1.165) is 28.6 Å². The predicted molar refractivity (Wildman–Crippen MR) is 279 cm³/mol. The van der Waals surface area contributed by atoms with Crippen molar-refractivity contribution < 1.29 is 60.2 Å². The number of benzene rings is 7. The van der Waals surface area contributed by atoms with Gasteiger partial charge in [-0.3, -0.25) is 0 Å². The van der Waals surface area contributed by atoms with Gasteiger partial charge in [0, 0.05) is 23.4 Å². The maximum absolute atomic E-state index is 14.4. The number of amidine groups is 3. The number of nitrogens with one attached hydrogen (secondary N) is 1. The number of halogens is 1. The van der Waals surface area contributed by atoms with E-state index in [1.807, 2.05) is 92.7 Å². The van der Waals surface area contributed by atoms with Crippen LogP contribution < -0.4 is 17.3 Å². The highest BCUT2D eigenvalue weighted by atomic mass is 35.5. The Morgan fingerprint density at radius 2 is 1.00 bits per heavy atom. The minimum atomic E-state index is -1.58. The lowest BCUT2D eigenvalue weighted by Crippen LogP contribution is -3.12. The van der Waals surface area contributed by atoms with Crippen LogP contribution in [0.1, 0.15) is 52.6 Å². The Morgan fingerprint density at radius 3 is 1.53 bits per heavy atom. The zero-order valence-corrected chi connectivity index (χ0v) is 41.7. The lowest BCUT2D eigenvalue weighted by Gasteiger charge is -2.44. The van der Waals surface area contributed by atoms with Crippen LogP contribution in [-0.4, -0.2) is 75.8 Å². The van der Waals surface area contributed by atoms with Gasteiger partial charge in [-0.25, -0.2) is 24.2 Å². The van der Waals surface area contributed by atoms with Crippen LogP contribution in [0.2, 0.25) is 0 Å². The third kappa shape index (κ3) is 13.1. The molecule has 0 spiro atoms. The molecule has 368 valence electrons. The largest absolute Gasteiger partial charge is 1.00 e. The van der Waals surface area contributed by atoms with Crippen molar-refractivity contribution in [2.24, 2.45) is 15.0 Å². The third-order valence-electron chi connectivity index (χ3n) is 11.4. The normalized spacial score (nSPS) is 20.4. The number of quaternary nitrogens is 1. The lowest BCUT2D eigenvalue weighted by molar-refractivity contribution is -0.608. The first kappa shape index (κ1) is 51.7. The first-order chi connectivity index (χ1) is 35.2.